The molecule has 1 aliphatic rings. The molecule has 2 atom stereocenters. The molecule has 2 unspecified atom stereocenters. The van der Waals surface area contributed by atoms with Crippen LogP contribution in [0.25, 0.3) is 0 Å². The fourth-order valence-corrected chi connectivity index (χ4v) is 2.31. The Kier molecular flexibility index (Phi) is 3.96. The zero-order valence-electron chi connectivity index (χ0n) is 9.93. The van der Waals surface area contributed by atoms with Gasteiger partial charge < -0.3 is 15.0 Å². The summed E-state index contributed by atoms with van der Waals surface area (Å²) in [5.41, 5.74) is 7.24. The molecule has 90 valence electrons. The first kappa shape index (κ1) is 11.6. The lowest BCUT2D eigenvalue weighted by atomic mass is 10.0. The van der Waals surface area contributed by atoms with Gasteiger partial charge in [0.1, 0.15) is 0 Å². The molecule has 1 fully saturated rings. The van der Waals surface area contributed by atoms with E-state index in [4.69, 9.17) is 10.5 Å². The van der Waals surface area contributed by atoms with Crippen LogP contribution in [-0.2, 0) is 11.8 Å². The quantitative estimate of drug-likeness (QED) is 0.827. The number of rotatable bonds is 5. The fraction of sp³-hybridized carbons (Fsp3) is 0.750. The third-order valence-electron chi connectivity index (χ3n) is 3.30. The molecule has 2 N–H and O–H groups in total. The van der Waals surface area contributed by atoms with Crippen molar-refractivity contribution in [3.05, 3.63) is 18.2 Å². The van der Waals surface area contributed by atoms with E-state index in [-0.39, 0.29) is 6.04 Å². The lowest BCUT2D eigenvalue weighted by Gasteiger charge is -2.13. The molecule has 0 radical (unpaired) electrons. The fourth-order valence-electron chi connectivity index (χ4n) is 2.31. The summed E-state index contributed by atoms with van der Waals surface area (Å²) in [5.74, 6) is 0. The molecule has 0 saturated carbocycles. The van der Waals surface area contributed by atoms with Gasteiger partial charge in [0.25, 0.3) is 0 Å². The average molecular weight is 223 g/mol. The van der Waals surface area contributed by atoms with Gasteiger partial charge in [-0.3, -0.25) is 0 Å². The van der Waals surface area contributed by atoms with Crippen LogP contribution in [0.15, 0.2) is 12.5 Å². The molecular formula is C12H21N3O. The van der Waals surface area contributed by atoms with Crippen LogP contribution in [-0.4, -0.2) is 22.3 Å². The molecule has 1 aromatic heterocycles. The van der Waals surface area contributed by atoms with E-state index in [1.54, 1.807) is 6.33 Å². The van der Waals surface area contributed by atoms with E-state index in [9.17, 15) is 0 Å². The van der Waals surface area contributed by atoms with Crippen LogP contribution in [0.3, 0.4) is 0 Å². The van der Waals surface area contributed by atoms with Crippen LogP contribution < -0.4 is 5.73 Å². The van der Waals surface area contributed by atoms with Gasteiger partial charge in [-0.15, -0.1) is 0 Å². The number of nitrogens with two attached hydrogens (primary N) is 1. The number of aromatic nitrogens is 2. The van der Waals surface area contributed by atoms with E-state index in [1.807, 2.05) is 17.8 Å². The van der Waals surface area contributed by atoms with Crippen molar-refractivity contribution in [1.82, 2.24) is 9.55 Å². The van der Waals surface area contributed by atoms with Crippen LogP contribution in [0.1, 0.15) is 43.8 Å². The zero-order valence-corrected chi connectivity index (χ0v) is 9.93. The van der Waals surface area contributed by atoms with Gasteiger partial charge in [0.15, 0.2) is 0 Å². The van der Waals surface area contributed by atoms with E-state index in [0.717, 1.165) is 31.6 Å². The predicted octanol–water partition coefficient (Wildman–Crippen LogP) is 1.77. The summed E-state index contributed by atoms with van der Waals surface area (Å²) in [5, 5.41) is 0. The minimum atomic E-state index is 0.105. The topological polar surface area (TPSA) is 53.1 Å². The van der Waals surface area contributed by atoms with Crippen LogP contribution in [0.5, 0.6) is 0 Å². The highest BCUT2D eigenvalue weighted by Gasteiger charge is 2.16. The van der Waals surface area contributed by atoms with E-state index in [2.05, 4.69) is 4.98 Å². The highest BCUT2D eigenvalue weighted by Crippen LogP contribution is 2.21. The van der Waals surface area contributed by atoms with Crippen molar-refractivity contribution in [2.45, 2.75) is 44.2 Å². The summed E-state index contributed by atoms with van der Waals surface area (Å²) in [4.78, 5) is 4.09. The Morgan fingerprint density at radius 3 is 3.19 bits per heavy atom. The van der Waals surface area contributed by atoms with Gasteiger partial charge in [0.2, 0.25) is 0 Å². The number of hydrogen-bond acceptors (Lipinski definition) is 3. The second kappa shape index (κ2) is 5.46. The third-order valence-corrected chi connectivity index (χ3v) is 3.30. The van der Waals surface area contributed by atoms with Crippen molar-refractivity contribution >= 4 is 0 Å². The first-order chi connectivity index (χ1) is 7.77. The van der Waals surface area contributed by atoms with Gasteiger partial charge in [-0.1, -0.05) is 0 Å². The van der Waals surface area contributed by atoms with Crippen molar-refractivity contribution in [3.8, 4) is 0 Å². The van der Waals surface area contributed by atoms with Crippen LogP contribution in [0.2, 0.25) is 0 Å². The molecule has 2 heterocycles. The Hall–Kier alpha value is -0.870. The van der Waals surface area contributed by atoms with Crippen molar-refractivity contribution < 1.29 is 4.74 Å². The largest absolute Gasteiger partial charge is 0.378 e. The highest BCUT2D eigenvalue weighted by atomic mass is 16.5. The molecule has 0 aliphatic carbocycles. The first-order valence-corrected chi connectivity index (χ1v) is 6.11. The van der Waals surface area contributed by atoms with E-state index >= 15 is 0 Å². The summed E-state index contributed by atoms with van der Waals surface area (Å²) < 4.78 is 7.59. The second-order valence-electron chi connectivity index (χ2n) is 4.60. The van der Waals surface area contributed by atoms with Crippen LogP contribution in [0.4, 0.5) is 0 Å². The molecule has 4 nitrogen and oxygen atoms in total. The van der Waals surface area contributed by atoms with Gasteiger partial charge in [0, 0.05) is 25.9 Å². The Morgan fingerprint density at radius 2 is 2.56 bits per heavy atom. The lowest BCUT2D eigenvalue weighted by molar-refractivity contribution is 0.101. The maximum atomic E-state index is 6.12. The number of hydrogen-bond donors (Lipinski definition) is 1. The number of nitrogens with zero attached hydrogens (tertiary/aromatic N) is 2. The number of aryl methyl sites for hydroxylation is 1. The van der Waals surface area contributed by atoms with Gasteiger partial charge in [-0.05, 0) is 32.1 Å². The summed E-state index contributed by atoms with van der Waals surface area (Å²) in [6.45, 7) is 0.943. The SMILES string of the molecule is Cn1cncc1C(N)CCCC1CCCO1. The van der Waals surface area contributed by atoms with E-state index in [1.165, 1.54) is 12.8 Å². The van der Waals surface area contributed by atoms with Crippen molar-refractivity contribution in [2.24, 2.45) is 12.8 Å². The number of imidazole rings is 1. The first-order valence-electron chi connectivity index (χ1n) is 6.11. The molecule has 1 saturated heterocycles. The van der Waals surface area contributed by atoms with Gasteiger partial charge >= 0.3 is 0 Å². The minimum Gasteiger partial charge on any atom is -0.378 e. The van der Waals surface area contributed by atoms with Crippen molar-refractivity contribution in [1.29, 1.82) is 0 Å². The monoisotopic (exact) mass is 223 g/mol. The molecule has 1 aromatic rings. The summed E-state index contributed by atoms with van der Waals surface area (Å²) in [7, 11) is 1.99. The number of ether oxygens (including phenoxy) is 1. The van der Waals surface area contributed by atoms with E-state index < -0.39 is 0 Å². The van der Waals surface area contributed by atoms with Crippen LogP contribution in [0, 0.1) is 0 Å². The average Bonchev–Trinajstić information content (AvgIpc) is 2.88. The highest BCUT2D eigenvalue weighted by molar-refractivity contribution is 5.03. The maximum absolute atomic E-state index is 6.12. The Morgan fingerprint density at radius 1 is 1.69 bits per heavy atom. The lowest BCUT2D eigenvalue weighted by Crippen LogP contribution is -2.15. The molecule has 0 aromatic carbocycles. The van der Waals surface area contributed by atoms with Crippen molar-refractivity contribution in [2.75, 3.05) is 6.61 Å². The predicted molar refractivity (Wildman–Crippen MR) is 63.0 cm³/mol. The molecule has 4 heteroatoms. The molecular weight excluding hydrogens is 202 g/mol. The van der Waals surface area contributed by atoms with Gasteiger partial charge in [-0.25, -0.2) is 4.98 Å². The standard InChI is InChI=1S/C12H21N3O/c1-15-9-14-8-12(15)11(13)6-2-4-10-5-3-7-16-10/h8-11H,2-7,13H2,1H3. The summed E-state index contributed by atoms with van der Waals surface area (Å²) in [6, 6.07) is 0.105. The molecule has 0 bridgehead atoms. The Balaban J connectivity index is 1.71. The smallest absolute Gasteiger partial charge is 0.0946 e. The summed E-state index contributed by atoms with van der Waals surface area (Å²) >= 11 is 0. The second-order valence-corrected chi connectivity index (χ2v) is 4.60. The third kappa shape index (κ3) is 2.83. The Bertz CT molecular complexity index is 318. The molecule has 2 rings (SSSR count). The molecule has 1 aliphatic heterocycles. The van der Waals surface area contributed by atoms with E-state index in [0.29, 0.717) is 6.10 Å². The van der Waals surface area contributed by atoms with Gasteiger partial charge in [0.05, 0.1) is 18.1 Å². The van der Waals surface area contributed by atoms with Gasteiger partial charge in [-0.2, -0.15) is 0 Å². The Labute approximate surface area is 96.8 Å². The van der Waals surface area contributed by atoms with Crippen molar-refractivity contribution in [3.63, 3.8) is 0 Å². The normalized spacial score (nSPS) is 22.5. The maximum Gasteiger partial charge on any atom is 0.0946 e. The molecule has 16 heavy (non-hydrogen) atoms. The minimum absolute atomic E-state index is 0.105. The molecule has 0 amide bonds. The molecule has 0 spiro atoms. The zero-order chi connectivity index (χ0) is 11.4. The van der Waals surface area contributed by atoms with Crippen LogP contribution >= 0.6 is 0 Å². The summed E-state index contributed by atoms with van der Waals surface area (Å²) in [6.07, 6.45) is 9.88.